The second kappa shape index (κ2) is 4.77. The van der Waals surface area contributed by atoms with Crippen molar-refractivity contribution in [2.75, 3.05) is 13.7 Å². The van der Waals surface area contributed by atoms with Crippen LogP contribution in [0.5, 0.6) is 0 Å². The van der Waals surface area contributed by atoms with Crippen molar-refractivity contribution in [3.05, 3.63) is 0 Å². The second-order valence-corrected chi connectivity index (χ2v) is 2.29. The molecule has 0 aliphatic rings. The van der Waals surface area contributed by atoms with Crippen molar-refractivity contribution in [2.45, 2.75) is 26.4 Å². The molecule has 2 unspecified atom stereocenters. The van der Waals surface area contributed by atoms with Crippen molar-refractivity contribution in [3.63, 3.8) is 0 Å². The zero-order valence-corrected chi connectivity index (χ0v) is 6.42. The predicted octanol–water partition coefficient (Wildman–Crippen LogP) is 1.04. The minimum atomic E-state index is 0.181. The third-order valence-corrected chi connectivity index (χ3v) is 1.79. The maximum absolute atomic E-state index is 8.75. The van der Waals surface area contributed by atoms with Crippen LogP contribution in [0.25, 0.3) is 0 Å². The molecule has 56 valence electrons. The van der Waals surface area contributed by atoms with E-state index >= 15 is 0 Å². The van der Waals surface area contributed by atoms with Gasteiger partial charge in [0.1, 0.15) is 0 Å². The number of aliphatic hydroxyl groups excluding tert-OH is 1. The molecule has 2 nitrogen and oxygen atoms in total. The van der Waals surface area contributed by atoms with E-state index in [2.05, 4.69) is 6.92 Å². The summed E-state index contributed by atoms with van der Waals surface area (Å²) in [4.78, 5) is 0. The van der Waals surface area contributed by atoms with Gasteiger partial charge in [0, 0.05) is 19.6 Å². The molecule has 0 aromatic carbocycles. The highest BCUT2D eigenvalue weighted by Crippen LogP contribution is 2.09. The SMILES string of the molecule is CCC(CO)C(C)OC. The lowest BCUT2D eigenvalue weighted by Gasteiger charge is -2.17. The molecule has 0 aliphatic carbocycles. The molecule has 9 heavy (non-hydrogen) atoms. The van der Waals surface area contributed by atoms with E-state index in [0.717, 1.165) is 6.42 Å². The minimum Gasteiger partial charge on any atom is -0.396 e. The van der Waals surface area contributed by atoms with Gasteiger partial charge in [0.25, 0.3) is 0 Å². The normalized spacial score (nSPS) is 17.3. The van der Waals surface area contributed by atoms with E-state index in [1.54, 1.807) is 7.11 Å². The maximum Gasteiger partial charge on any atom is 0.0593 e. The lowest BCUT2D eigenvalue weighted by Crippen LogP contribution is -2.21. The zero-order chi connectivity index (χ0) is 7.28. The molecule has 0 radical (unpaired) electrons. The van der Waals surface area contributed by atoms with Crippen LogP contribution in [0.15, 0.2) is 0 Å². The second-order valence-electron chi connectivity index (χ2n) is 2.29. The molecule has 2 heteroatoms. The van der Waals surface area contributed by atoms with Crippen molar-refractivity contribution >= 4 is 0 Å². The van der Waals surface area contributed by atoms with Crippen molar-refractivity contribution in [2.24, 2.45) is 5.92 Å². The van der Waals surface area contributed by atoms with Crippen LogP contribution >= 0.6 is 0 Å². The predicted molar refractivity (Wildman–Crippen MR) is 37.3 cm³/mol. The molecule has 0 bridgehead atoms. The van der Waals surface area contributed by atoms with Crippen molar-refractivity contribution in [1.29, 1.82) is 0 Å². The van der Waals surface area contributed by atoms with Gasteiger partial charge < -0.3 is 9.84 Å². The van der Waals surface area contributed by atoms with Crippen LogP contribution < -0.4 is 0 Å². The van der Waals surface area contributed by atoms with Gasteiger partial charge in [0.05, 0.1) is 6.10 Å². The number of ether oxygens (including phenoxy) is 1. The molecule has 0 amide bonds. The first-order valence-electron chi connectivity index (χ1n) is 3.39. The minimum absolute atomic E-state index is 0.181. The van der Waals surface area contributed by atoms with Crippen molar-refractivity contribution in [3.8, 4) is 0 Å². The molecule has 0 fully saturated rings. The maximum atomic E-state index is 8.75. The Labute approximate surface area is 56.8 Å². The summed E-state index contributed by atoms with van der Waals surface area (Å²) in [5.74, 6) is 0.301. The quantitative estimate of drug-likeness (QED) is 0.619. The average Bonchev–Trinajstić information content (AvgIpc) is 1.90. The van der Waals surface area contributed by atoms with Gasteiger partial charge in [-0.1, -0.05) is 6.92 Å². The summed E-state index contributed by atoms with van der Waals surface area (Å²) in [5, 5.41) is 8.75. The highest BCUT2D eigenvalue weighted by atomic mass is 16.5. The average molecular weight is 132 g/mol. The van der Waals surface area contributed by atoms with Gasteiger partial charge in [0.2, 0.25) is 0 Å². The highest BCUT2D eigenvalue weighted by Gasteiger charge is 2.12. The molecule has 0 aromatic heterocycles. The zero-order valence-electron chi connectivity index (χ0n) is 6.42. The summed E-state index contributed by atoms with van der Waals surface area (Å²) in [5.41, 5.74) is 0. The summed E-state index contributed by atoms with van der Waals surface area (Å²) in [6.07, 6.45) is 1.16. The fourth-order valence-electron chi connectivity index (χ4n) is 0.802. The molecule has 0 aliphatic heterocycles. The summed E-state index contributed by atoms with van der Waals surface area (Å²) in [6, 6.07) is 0. The Kier molecular flexibility index (Phi) is 4.72. The lowest BCUT2D eigenvalue weighted by molar-refractivity contribution is 0.0374. The van der Waals surface area contributed by atoms with E-state index in [0.29, 0.717) is 5.92 Å². The molecule has 0 spiro atoms. The first-order chi connectivity index (χ1) is 4.26. The highest BCUT2D eigenvalue weighted by molar-refractivity contribution is 4.61. The third kappa shape index (κ3) is 2.82. The fraction of sp³-hybridized carbons (Fsp3) is 1.00. The van der Waals surface area contributed by atoms with E-state index in [1.807, 2.05) is 6.92 Å². The fourth-order valence-corrected chi connectivity index (χ4v) is 0.802. The van der Waals surface area contributed by atoms with Crippen LogP contribution in [-0.2, 0) is 4.74 Å². The molecule has 0 aromatic rings. The van der Waals surface area contributed by atoms with Gasteiger partial charge in [-0.25, -0.2) is 0 Å². The van der Waals surface area contributed by atoms with E-state index in [1.165, 1.54) is 0 Å². The van der Waals surface area contributed by atoms with Crippen LogP contribution in [0.2, 0.25) is 0 Å². The number of hydrogen-bond donors (Lipinski definition) is 1. The van der Waals surface area contributed by atoms with Crippen LogP contribution in [-0.4, -0.2) is 24.9 Å². The third-order valence-electron chi connectivity index (χ3n) is 1.79. The topological polar surface area (TPSA) is 29.5 Å². The molecule has 1 N–H and O–H groups in total. The van der Waals surface area contributed by atoms with Crippen LogP contribution in [0, 0.1) is 5.92 Å². The summed E-state index contributed by atoms with van der Waals surface area (Å²) >= 11 is 0. The summed E-state index contributed by atoms with van der Waals surface area (Å²) in [6.45, 7) is 4.26. The van der Waals surface area contributed by atoms with Gasteiger partial charge in [-0.3, -0.25) is 0 Å². The van der Waals surface area contributed by atoms with Gasteiger partial charge in [-0.05, 0) is 13.3 Å². The van der Waals surface area contributed by atoms with Crippen molar-refractivity contribution < 1.29 is 9.84 Å². The lowest BCUT2D eigenvalue weighted by atomic mass is 10.0. The Morgan fingerprint density at radius 3 is 2.22 bits per heavy atom. The smallest absolute Gasteiger partial charge is 0.0593 e. The van der Waals surface area contributed by atoms with Crippen LogP contribution in [0.4, 0.5) is 0 Å². The van der Waals surface area contributed by atoms with E-state index in [9.17, 15) is 0 Å². The van der Waals surface area contributed by atoms with Gasteiger partial charge >= 0.3 is 0 Å². The van der Waals surface area contributed by atoms with Gasteiger partial charge in [-0.15, -0.1) is 0 Å². The van der Waals surface area contributed by atoms with Crippen molar-refractivity contribution in [1.82, 2.24) is 0 Å². The van der Waals surface area contributed by atoms with Crippen LogP contribution in [0.1, 0.15) is 20.3 Å². The van der Waals surface area contributed by atoms with E-state index in [4.69, 9.17) is 9.84 Å². The largest absolute Gasteiger partial charge is 0.396 e. The number of hydrogen-bond acceptors (Lipinski definition) is 2. The molecule has 0 saturated carbocycles. The molecule has 0 heterocycles. The standard InChI is InChI=1S/C7H16O2/c1-4-7(5-8)6(2)9-3/h6-8H,4-5H2,1-3H3. The van der Waals surface area contributed by atoms with E-state index in [-0.39, 0.29) is 12.7 Å². The molecule has 0 saturated heterocycles. The van der Waals surface area contributed by atoms with Crippen LogP contribution in [0.3, 0.4) is 0 Å². The van der Waals surface area contributed by atoms with Gasteiger partial charge in [-0.2, -0.15) is 0 Å². The Bertz CT molecular complexity index is 59.9. The Hall–Kier alpha value is -0.0800. The molecular weight excluding hydrogens is 116 g/mol. The Morgan fingerprint density at radius 1 is 1.56 bits per heavy atom. The molecule has 0 rings (SSSR count). The Balaban J connectivity index is 3.50. The number of aliphatic hydroxyl groups is 1. The first-order valence-corrected chi connectivity index (χ1v) is 3.39. The van der Waals surface area contributed by atoms with Gasteiger partial charge in [0.15, 0.2) is 0 Å². The molecule has 2 atom stereocenters. The first kappa shape index (κ1) is 8.92. The monoisotopic (exact) mass is 132 g/mol. The molecular formula is C7H16O2. The summed E-state index contributed by atoms with van der Waals surface area (Å²) in [7, 11) is 1.67. The van der Waals surface area contributed by atoms with E-state index < -0.39 is 0 Å². The number of rotatable bonds is 4. The Morgan fingerprint density at radius 2 is 2.11 bits per heavy atom. The number of methoxy groups -OCH3 is 1. The summed E-state index contributed by atoms with van der Waals surface area (Å²) < 4.78 is 5.03.